The fraction of sp³-hybridized carbons (Fsp3) is 0.571. The van der Waals surface area contributed by atoms with Gasteiger partial charge in [-0.2, -0.15) is 0 Å². The quantitative estimate of drug-likeness (QED) is 0.679. The molecule has 2 fully saturated rings. The van der Waals surface area contributed by atoms with E-state index in [9.17, 15) is 10.1 Å². The van der Waals surface area contributed by atoms with Gasteiger partial charge < -0.3 is 5.32 Å². The zero-order valence-electron chi connectivity index (χ0n) is 10.6. The summed E-state index contributed by atoms with van der Waals surface area (Å²) in [5.41, 5.74) is 1.23. The monoisotopic (exact) mass is 324 g/mol. The summed E-state index contributed by atoms with van der Waals surface area (Å²) in [6.07, 6.45) is 5.46. The van der Waals surface area contributed by atoms with Gasteiger partial charge in [0.25, 0.3) is 5.69 Å². The first-order valence-corrected chi connectivity index (χ1v) is 7.59. The third-order valence-electron chi connectivity index (χ3n) is 4.54. The molecular weight excluding hydrogens is 308 g/mol. The van der Waals surface area contributed by atoms with Crippen LogP contribution in [0.4, 0.5) is 5.69 Å². The average Bonchev–Trinajstić information content (AvgIpc) is 2.99. The summed E-state index contributed by atoms with van der Waals surface area (Å²) in [5, 5.41) is 14.3. The summed E-state index contributed by atoms with van der Waals surface area (Å²) in [6.45, 7) is 0.784. The third-order valence-corrected chi connectivity index (χ3v) is 5.28. The molecule has 0 spiro atoms. The molecule has 0 heterocycles. The van der Waals surface area contributed by atoms with Gasteiger partial charge in [0.15, 0.2) is 0 Å². The predicted octanol–water partition coefficient (Wildman–Crippen LogP) is 3.64. The van der Waals surface area contributed by atoms with E-state index in [1.165, 1.54) is 25.7 Å². The van der Waals surface area contributed by atoms with Gasteiger partial charge in [-0.1, -0.05) is 22.4 Å². The fourth-order valence-corrected chi connectivity index (χ4v) is 4.04. The van der Waals surface area contributed by atoms with Crippen LogP contribution in [-0.2, 0) is 6.54 Å². The second-order valence-electron chi connectivity index (χ2n) is 5.70. The van der Waals surface area contributed by atoms with Crippen molar-refractivity contribution in [3.63, 3.8) is 0 Å². The van der Waals surface area contributed by atoms with Crippen LogP contribution >= 0.6 is 15.9 Å². The second kappa shape index (κ2) is 5.21. The normalized spacial score (nSPS) is 28.8. The summed E-state index contributed by atoms with van der Waals surface area (Å²) < 4.78 is 0.817. The van der Waals surface area contributed by atoms with Crippen LogP contribution < -0.4 is 5.32 Å². The summed E-state index contributed by atoms with van der Waals surface area (Å²) in [6, 6.07) is 5.63. The van der Waals surface area contributed by atoms with Gasteiger partial charge in [0.1, 0.15) is 0 Å². The molecule has 1 aromatic rings. The van der Waals surface area contributed by atoms with Crippen LogP contribution in [0, 0.1) is 22.0 Å². The van der Waals surface area contributed by atoms with Gasteiger partial charge in [0.05, 0.1) is 4.92 Å². The fourth-order valence-electron chi connectivity index (χ4n) is 3.53. The maximum atomic E-state index is 10.7. The van der Waals surface area contributed by atoms with Gasteiger partial charge in [-0.3, -0.25) is 10.1 Å². The van der Waals surface area contributed by atoms with Crippen molar-refractivity contribution in [3.8, 4) is 0 Å². The number of fused-ring (bicyclic) bond motifs is 2. The molecule has 2 aliphatic carbocycles. The molecule has 3 rings (SSSR count). The highest BCUT2D eigenvalue weighted by molar-refractivity contribution is 9.10. The number of nitrogens with zero attached hydrogens (tertiary/aromatic N) is 1. The first-order chi connectivity index (χ1) is 9.13. The maximum absolute atomic E-state index is 10.7. The van der Waals surface area contributed by atoms with Crippen LogP contribution in [0.2, 0.25) is 0 Å². The highest BCUT2D eigenvalue weighted by Gasteiger charge is 2.38. The van der Waals surface area contributed by atoms with E-state index in [1.807, 2.05) is 6.07 Å². The average molecular weight is 325 g/mol. The number of rotatable bonds is 4. The molecular formula is C14H17BrN2O2. The van der Waals surface area contributed by atoms with E-state index >= 15 is 0 Å². The molecule has 2 aliphatic rings. The number of nitro benzene ring substituents is 1. The van der Waals surface area contributed by atoms with Crippen molar-refractivity contribution >= 4 is 21.6 Å². The van der Waals surface area contributed by atoms with E-state index in [4.69, 9.17) is 0 Å². The minimum atomic E-state index is -0.363. The standard InChI is InChI=1S/C14H17BrN2O2/c15-13-7-12(17(18)19)4-3-11(13)8-16-14-6-9-1-2-10(14)5-9/h3-4,7,9-10,14,16H,1-2,5-6,8H2. The number of hydrogen-bond acceptors (Lipinski definition) is 3. The SMILES string of the molecule is O=[N+]([O-])c1ccc(CNC2CC3CCC2C3)c(Br)c1. The van der Waals surface area contributed by atoms with Crippen LogP contribution in [0.15, 0.2) is 22.7 Å². The first-order valence-electron chi connectivity index (χ1n) is 6.79. The molecule has 0 aromatic heterocycles. The highest BCUT2D eigenvalue weighted by atomic mass is 79.9. The molecule has 1 N–H and O–H groups in total. The van der Waals surface area contributed by atoms with Crippen LogP contribution in [0.5, 0.6) is 0 Å². The summed E-state index contributed by atoms with van der Waals surface area (Å²) in [4.78, 5) is 10.3. The topological polar surface area (TPSA) is 55.2 Å². The Kier molecular flexibility index (Phi) is 3.58. The lowest BCUT2D eigenvalue weighted by atomic mass is 9.95. The largest absolute Gasteiger partial charge is 0.310 e. The van der Waals surface area contributed by atoms with Crippen molar-refractivity contribution < 1.29 is 4.92 Å². The summed E-state index contributed by atoms with van der Waals surface area (Å²) >= 11 is 3.42. The number of non-ortho nitro benzene ring substituents is 1. The zero-order chi connectivity index (χ0) is 13.4. The van der Waals surface area contributed by atoms with E-state index in [2.05, 4.69) is 21.2 Å². The number of halogens is 1. The molecule has 0 saturated heterocycles. The predicted molar refractivity (Wildman–Crippen MR) is 76.9 cm³/mol. The van der Waals surface area contributed by atoms with E-state index in [-0.39, 0.29) is 10.6 Å². The van der Waals surface area contributed by atoms with Gasteiger partial charge in [0.2, 0.25) is 0 Å². The molecule has 5 heteroatoms. The molecule has 0 radical (unpaired) electrons. The minimum absolute atomic E-state index is 0.135. The molecule has 4 nitrogen and oxygen atoms in total. The lowest BCUT2D eigenvalue weighted by Crippen LogP contribution is -2.33. The Morgan fingerprint density at radius 2 is 2.21 bits per heavy atom. The van der Waals surface area contributed by atoms with E-state index in [1.54, 1.807) is 12.1 Å². The molecule has 2 bridgehead atoms. The molecule has 3 atom stereocenters. The van der Waals surface area contributed by atoms with Crippen molar-refractivity contribution in [2.75, 3.05) is 0 Å². The Morgan fingerprint density at radius 1 is 1.37 bits per heavy atom. The van der Waals surface area contributed by atoms with Gasteiger partial charge in [0, 0.05) is 29.2 Å². The molecule has 102 valence electrons. The molecule has 3 unspecified atom stereocenters. The van der Waals surface area contributed by atoms with Crippen molar-refractivity contribution in [3.05, 3.63) is 38.3 Å². The van der Waals surface area contributed by atoms with Gasteiger partial charge in [-0.25, -0.2) is 0 Å². The summed E-state index contributed by atoms with van der Waals surface area (Å²) in [5.74, 6) is 1.78. The Hall–Kier alpha value is -0.940. The van der Waals surface area contributed by atoms with Crippen molar-refractivity contribution in [2.45, 2.75) is 38.3 Å². The van der Waals surface area contributed by atoms with Gasteiger partial charge >= 0.3 is 0 Å². The van der Waals surface area contributed by atoms with Gasteiger partial charge in [-0.15, -0.1) is 0 Å². The number of nitro groups is 1. The lowest BCUT2D eigenvalue weighted by Gasteiger charge is -2.23. The van der Waals surface area contributed by atoms with Gasteiger partial charge in [-0.05, 0) is 42.7 Å². The van der Waals surface area contributed by atoms with E-state index in [0.29, 0.717) is 6.04 Å². The maximum Gasteiger partial charge on any atom is 0.270 e. The minimum Gasteiger partial charge on any atom is -0.310 e. The summed E-state index contributed by atoms with van der Waals surface area (Å²) in [7, 11) is 0. The second-order valence-corrected chi connectivity index (χ2v) is 6.55. The Morgan fingerprint density at radius 3 is 2.79 bits per heavy atom. The van der Waals surface area contributed by atoms with Crippen LogP contribution in [0.3, 0.4) is 0 Å². The van der Waals surface area contributed by atoms with E-state index in [0.717, 1.165) is 28.4 Å². The van der Waals surface area contributed by atoms with E-state index < -0.39 is 0 Å². The smallest absolute Gasteiger partial charge is 0.270 e. The van der Waals surface area contributed by atoms with Crippen molar-refractivity contribution in [1.82, 2.24) is 5.32 Å². The highest BCUT2D eigenvalue weighted by Crippen LogP contribution is 2.44. The molecule has 1 aromatic carbocycles. The zero-order valence-corrected chi connectivity index (χ0v) is 12.2. The molecule has 0 aliphatic heterocycles. The Labute approximate surface area is 120 Å². The van der Waals surface area contributed by atoms with Crippen LogP contribution in [-0.4, -0.2) is 11.0 Å². The number of nitrogens with one attached hydrogen (secondary N) is 1. The number of hydrogen-bond donors (Lipinski definition) is 1. The molecule has 0 amide bonds. The Balaban J connectivity index is 1.62. The first kappa shape index (κ1) is 13.1. The number of benzene rings is 1. The van der Waals surface area contributed by atoms with Crippen molar-refractivity contribution in [1.29, 1.82) is 0 Å². The Bertz CT molecular complexity index is 506. The molecule has 2 saturated carbocycles. The molecule has 19 heavy (non-hydrogen) atoms. The third kappa shape index (κ3) is 2.67. The lowest BCUT2D eigenvalue weighted by molar-refractivity contribution is -0.384. The van der Waals surface area contributed by atoms with Crippen LogP contribution in [0.1, 0.15) is 31.2 Å². The van der Waals surface area contributed by atoms with Crippen LogP contribution in [0.25, 0.3) is 0 Å². The van der Waals surface area contributed by atoms with Crippen molar-refractivity contribution in [2.24, 2.45) is 11.8 Å².